The van der Waals surface area contributed by atoms with E-state index in [4.69, 9.17) is 0 Å². The van der Waals surface area contributed by atoms with Crippen molar-refractivity contribution >= 4 is 17.5 Å². The van der Waals surface area contributed by atoms with Crippen LogP contribution in [-0.2, 0) is 11.2 Å². The van der Waals surface area contributed by atoms with Crippen molar-refractivity contribution in [1.29, 1.82) is 0 Å². The highest BCUT2D eigenvalue weighted by atomic mass is 32.2. The number of carbonyl (C=O) groups is 1. The van der Waals surface area contributed by atoms with Crippen LogP contribution in [0.5, 0.6) is 0 Å². The number of thioether (sulfide) groups is 1. The third kappa shape index (κ3) is 4.62. The van der Waals surface area contributed by atoms with Gasteiger partial charge in [0.25, 0.3) is 0 Å². The lowest BCUT2D eigenvalue weighted by Gasteiger charge is -2.30. The van der Waals surface area contributed by atoms with Gasteiger partial charge in [-0.2, -0.15) is 11.8 Å². The molecule has 0 aliphatic carbocycles. The monoisotopic (exact) mass is 281 g/mol. The zero-order chi connectivity index (χ0) is 13.7. The molecule has 0 bridgehead atoms. The number of hydrogen-bond donors (Lipinski definition) is 0. The minimum atomic E-state index is -0.254. The van der Waals surface area contributed by atoms with Crippen LogP contribution in [0.4, 0.5) is 4.39 Å². The van der Waals surface area contributed by atoms with Gasteiger partial charge in [0.05, 0.1) is 6.54 Å². The van der Waals surface area contributed by atoms with E-state index in [0.717, 1.165) is 23.9 Å². The maximum atomic E-state index is 12.8. The summed E-state index contributed by atoms with van der Waals surface area (Å²) in [6, 6.07) is 6.19. The fourth-order valence-electron chi connectivity index (χ4n) is 2.44. The summed E-state index contributed by atoms with van der Waals surface area (Å²) in [7, 11) is 0. The van der Waals surface area contributed by atoms with Crippen LogP contribution in [0.25, 0.3) is 0 Å². The number of Topliss-reactive ketones (excluding diaryl/α,β-unsaturated/α-hetero) is 1. The zero-order valence-electron chi connectivity index (χ0n) is 11.3. The Hall–Kier alpha value is -0.870. The van der Waals surface area contributed by atoms with Crippen molar-refractivity contribution in [2.45, 2.75) is 24.5 Å². The summed E-state index contributed by atoms with van der Waals surface area (Å²) in [5.41, 5.74) is 0.894. The van der Waals surface area contributed by atoms with Gasteiger partial charge in [0.1, 0.15) is 5.82 Å². The third-order valence-electron chi connectivity index (χ3n) is 3.58. The molecule has 1 heterocycles. The smallest absolute Gasteiger partial charge is 0.151 e. The van der Waals surface area contributed by atoms with Gasteiger partial charge < -0.3 is 0 Å². The van der Waals surface area contributed by atoms with E-state index in [1.54, 1.807) is 12.1 Å². The Morgan fingerprint density at radius 3 is 2.53 bits per heavy atom. The van der Waals surface area contributed by atoms with E-state index < -0.39 is 0 Å². The standard InChI is InChI=1S/C15H20FNOS/c1-19-15-6-8-17(9-7-15)11-14(18)10-12-2-4-13(16)5-3-12/h2-5,15H,6-11H2,1H3. The summed E-state index contributed by atoms with van der Waals surface area (Å²) < 4.78 is 12.8. The molecular formula is C15H20FNOS. The number of ketones is 1. The van der Waals surface area contributed by atoms with Crippen molar-refractivity contribution in [3.05, 3.63) is 35.6 Å². The Kier molecular flexibility index (Phi) is 5.40. The van der Waals surface area contributed by atoms with Crippen molar-refractivity contribution < 1.29 is 9.18 Å². The summed E-state index contributed by atoms with van der Waals surface area (Å²) in [4.78, 5) is 14.2. The molecule has 4 heteroatoms. The largest absolute Gasteiger partial charge is 0.298 e. The van der Waals surface area contributed by atoms with Crippen LogP contribution in [0, 0.1) is 5.82 Å². The van der Waals surface area contributed by atoms with Crippen molar-refractivity contribution in [3.8, 4) is 0 Å². The van der Waals surface area contributed by atoms with E-state index in [-0.39, 0.29) is 11.6 Å². The molecule has 0 amide bonds. The number of carbonyl (C=O) groups excluding carboxylic acids is 1. The molecule has 19 heavy (non-hydrogen) atoms. The van der Waals surface area contributed by atoms with Crippen LogP contribution in [0.1, 0.15) is 18.4 Å². The van der Waals surface area contributed by atoms with Crippen molar-refractivity contribution in [2.75, 3.05) is 25.9 Å². The first-order valence-corrected chi connectivity index (χ1v) is 7.97. The van der Waals surface area contributed by atoms with Crippen LogP contribution >= 0.6 is 11.8 Å². The number of nitrogens with zero attached hydrogens (tertiary/aromatic N) is 1. The Morgan fingerprint density at radius 2 is 1.95 bits per heavy atom. The van der Waals surface area contributed by atoms with Crippen molar-refractivity contribution in [2.24, 2.45) is 0 Å². The molecule has 0 saturated carbocycles. The lowest BCUT2D eigenvalue weighted by molar-refractivity contribution is -0.119. The molecule has 1 aliphatic rings. The maximum absolute atomic E-state index is 12.8. The summed E-state index contributed by atoms with van der Waals surface area (Å²) in [5, 5.41) is 0.753. The molecule has 1 aromatic carbocycles. The number of likely N-dealkylation sites (tertiary alicyclic amines) is 1. The quantitative estimate of drug-likeness (QED) is 0.828. The van der Waals surface area contributed by atoms with Gasteiger partial charge >= 0.3 is 0 Å². The lowest BCUT2D eigenvalue weighted by atomic mass is 10.1. The Morgan fingerprint density at radius 1 is 1.32 bits per heavy atom. The highest BCUT2D eigenvalue weighted by molar-refractivity contribution is 7.99. The molecular weight excluding hydrogens is 261 g/mol. The molecule has 1 aliphatic heterocycles. The number of hydrogen-bond acceptors (Lipinski definition) is 3. The van der Waals surface area contributed by atoms with Gasteiger partial charge in [-0.25, -0.2) is 4.39 Å². The summed E-state index contributed by atoms with van der Waals surface area (Å²) in [6.07, 6.45) is 4.90. The van der Waals surface area contributed by atoms with Gasteiger partial charge in [0.2, 0.25) is 0 Å². The minimum absolute atomic E-state index is 0.217. The number of rotatable bonds is 5. The molecule has 104 valence electrons. The molecule has 1 aromatic rings. The highest BCUT2D eigenvalue weighted by Gasteiger charge is 2.19. The van der Waals surface area contributed by atoms with Crippen molar-refractivity contribution in [1.82, 2.24) is 4.90 Å². The topological polar surface area (TPSA) is 20.3 Å². The fraction of sp³-hybridized carbons (Fsp3) is 0.533. The Balaban J connectivity index is 1.77. The summed E-state index contributed by atoms with van der Waals surface area (Å²) in [5.74, 6) is -0.0375. The molecule has 1 fully saturated rings. The fourth-order valence-corrected chi connectivity index (χ4v) is 3.12. The van der Waals surface area contributed by atoms with E-state index in [1.165, 1.54) is 25.0 Å². The average molecular weight is 281 g/mol. The predicted molar refractivity (Wildman–Crippen MR) is 78.1 cm³/mol. The van der Waals surface area contributed by atoms with Gasteiger partial charge in [-0.3, -0.25) is 9.69 Å². The van der Waals surface area contributed by atoms with Crippen LogP contribution < -0.4 is 0 Å². The SMILES string of the molecule is CSC1CCN(CC(=O)Cc2ccc(F)cc2)CC1. The molecule has 0 radical (unpaired) electrons. The summed E-state index contributed by atoms with van der Waals surface area (Å²) >= 11 is 1.92. The molecule has 0 atom stereocenters. The van der Waals surface area contributed by atoms with Crippen LogP contribution in [0.15, 0.2) is 24.3 Å². The highest BCUT2D eigenvalue weighted by Crippen LogP contribution is 2.20. The average Bonchev–Trinajstić information content (AvgIpc) is 2.42. The molecule has 1 saturated heterocycles. The number of benzene rings is 1. The molecule has 0 aromatic heterocycles. The van der Waals surface area contributed by atoms with Gasteiger partial charge in [0, 0.05) is 11.7 Å². The van der Waals surface area contributed by atoms with Gasteiger partial charge in [0.15, 0.2) is 5.78 Å². The second-order valence-corrected chi connectivity index (χ2v) is 6.19. The van der Waals surface area contributed by atoms with E-state index in [9.17, 15) is 9.18 Å². The molecule has 2 nitrogen and oxygen atoms in total. The normalized spacial score (nSPS) is 17.6. The third-order valence-corrected chi connectivity index (χ3v) is 4.72. The molecule has 0 spiro atoms. The Labute approximate surface area is 118 Å². The van der Waals surface area contributed by atoms with E-state index in [2.05, 4.69) is 11.2 Å². The van der Waals surface area contributed by atoms with Gasteiger partial charge in [-0.15, -0.1) is 0 Å². The van der Waals surface area contributed by atoms with E-state index >= 15 is 0 Å². The Bertz CT molecular complexity index is 413. The second kappa shape index (κ2) is 7.06. The van der Waals surface area contributed by atoms with Gasteiger partial charge in [-0.05, 0) is 49.9 Å². The van der Waals surface area contributed by atoms with Crippen LogP contribution in [0.3, 0.4) is 0 Å². The van der Waals surface area contributed by atoms with Crippen molar-refractivity contribution in [3.63, 3.8) is 0 Å². The first kappa shape index (κ1) is 14.5. The first-order valence-electron chi connectivity index (χ1n) is 6.68. The van der Waals surface area contributed by atoms with Gasteiger partial charge in [-0.1, -0.05) is 12.1 Å². The van der Waals surface area contributed by atoms with E-state index in [0.29, 0.717) is 13.0 Å². The number of halogens is 1. The van der Waals surface area contributed by atoms with E-state index in [1.807, 2.05) is 11.8 Å². The molecule has 2 rings (SSSR count). The number of piperidine rings is 1. The molecule has 0 N–H and O–H groups in total. The maximum Gasteiger partial charge on any atom is 0.151 e. The second-order valence-electron chi connectivity index (χ2n) is 5.05. The zero-order valence-corrected chi connectivity index (χ0v) is 12.1. The molecule has 0 unspecified atom stereocenters. The van der Waals surface area contributed by atoms with Crippen LogP contribution in [0.2, 0.25) is 0 Å². The minimum Gasteiger partial charge on any atom is -0.298 e. The van der Waals surface area contributed by atoms with Crippen LogP contribution in [-0.4, -0.2) is 41.8 Å². The lowest BCUT2D eigenvalue weighted by Crippen LogP contribution is -2.38. The predicted octanol–water partition coefficient (Wildman–Crippen LogP) is 2.76. The summed E-state index contributed by atoms with van der Waals surface area (Å²) in [6.45, 7) is 2.56. The first-order chi connectivity index (χ1) is 9.17.